The molecule has 0 radical (unpaired) electrons. The number of nitrogens with zero attached hydrogens (tertiary/aromatic N) is 3. The molecular weight excluding hydrogens is 478 g/mol. The van der Waals surface area contributed by atoms with Crippen LogP contribution in [0.1, 0.15) is 5.76 Å². The summed E-state index contributed by atoms with van der Waals surface area (Å²) in [4.78, 5) is 24.3. The lowest BCUT2D eigenvalue weighted by molar-refractivity contribution is -0.117. The molecule has 0 aliphatic heterocycles. The van der Waals surface area contributed by atoms with Gasteiger partial charge in [-0.25, -0.2) is 4.79 Å². The molecule has 0 fully saturated rings. The van der Waals surface area contributed by atoms with Crippen LogP contribution < -0.4 is 15.4 Å². The minimum absolute atomic E-state index is 0.0436. The van der Waals surface area contributed by atoms with Crippen LogP contribution in [0.4, 0.5) is 4.79 Å². The van der Waals surface area contributed by atoms with E-state index in [2.05, 4.69) is 20.8 Å². The Bertz CT molecular complexity index is 1280. The number of carbonyl (C=O) groups is 2. The van der Waals surface area contributed by atoms with Crippen molar-refractivity contribution in [3.05, 3.63) is 77.7 Å². The molecule has 0 aliphatic rings. The first-order valence-corrected chi connectivity index (χ1v) is 11.5. The predicted octanol–water partition coefficient (Wildman–Crippen LogP) is 4.31. The summed E-state index contributed by atoms with van der Waals surface area (Å²) in [6, 6.07) is 17.5. The molecule has 4 aromatic rings. The van der Waals surface area contributed by atoms with E-state index in [0.717, 1.165) is 23.0 Å². The van der Waals surface area contributed by atoms with E-state index < -0.39 is 11.9 Å². The van der Waals surface area contributed by atoms with Gasteiger partial charge in [-0.05, 0) is 48.5 Å². The van der Waals surface area contributed by atoms with Gasteiger partial charge >= 0.3 is 6.03 Å². The van der Waals surface area contributed by atoms with Gasteiger partial charge < -0.3 is 14.5 Å². The number of aromatic nitrogens is 3. The van der Waals surface area contributed by atoms with Crippen LogP contribution in [-0.4, -0.2) is 39.6 Å². The van der Waals surface area contributed by atoms with Crippen molar-refractivity contribution >= 4 is 35.3 Å². The molecular formula is C23H20ClN5O4S. The van der Waals surface area contributed by atoms with E-state index in [-0.39, 0.29) is 12.3 Å². The summed E-state index contributed by atoms with van der Waals surface area (Å²) in [6.45, 7) is 0.175. The number of methoxy groups -OCH3 is 1. The highest BCUT2D eigenvalue weighted by molar-refractivity contribution is 7.99. The van der Waals surface area contributed by atoms with Crippen molar-refractivity contribution in [2.45, 2.75) is 11.7 Å². The van der Waals surface area contributed by atoms with Crippen LogP contribution in [0.3, 0.4) is 0 Å². The minimum atomic E-state index is -0.613. The summed E-state index contributed by atoms with van der Waals surface area (Å²) in [5, 5.41) is 14.5. The van der Waals surface area contributed by atoms with E-state index in [1.165, 1.54) is 6.26 Å². The van der Waals surface area contributed by atoms with Crippen LogP contribution in [0.5, 0.6) is 5.75 Å². The SMILES string of the molecule is COc1cccc(-c2nnc(SCC(=O)NC(=O)NCc3ccco3)n2-c2ccc(Cl)cc2)c1. The monoisotopic (exact) mass is 497 g/mol. The number of benzene rings is 2. The fourth-order valence-electron chi connectivity index (χ4n) is 3.05. The number of ether oxygens (including phenoxy) is 1. The van der Waals surface area contributed by atoms with Gasteiger partial charge in [0.2, 0.25) is 5.91 Å². The van der Waals surface area contributed by atoms with Gasteiger partial charge in [0.15, 0.2) is 11.0 Å². The van der Waals surface area contributed by atoms with Crippen LogP contribution in [0, 0.1) is 0 Å². The normalized spacial score (nSPS) is 10.6. The smallest absolute Gasteiger partial charge is 0.321 e. The molecule has 0 aliphatic carbocycles. The Balaban J connectivity index is 1.49. The maximum atomic E-state index is 12.3. The van der Waals surface area contributed by atoms with E-state index >= 15 is 0 Å². The number of furan rings is 1. The van der Waals surface area contributed by atoms with Crippen molar-refractivity contribution in [3.63, 3.8) is 0 Å². The summed E-state index contributed by atoms with van der Waals surface area (Å²) in [5.41, 5.74) is 1.56. The predicted molar refractivity (Wildman–Crippen MR) is 128 cm³/mol. The largest absolute Gasteiger partial charge is 0.497 e. The lowest BCUT2D eigenvalue weighted by atomic mass is 10.2. The number of halogens is 1. The van der Waals surface area contributed by atoms with E-state index in [0.29, 0.717) is 27.5 Å². The van der Waals surface area contributed by atoms with E-state index in [1.807, 2.05) is 41.0 Å². The molecule has 2 aromatic heterocycles. The maximum absolute atomic E-state index is 12.3. The lowest BCUT2D eigenvalue weighted by Gasteiger charge is -2.11. The Hall–Kier alpha value is -3.76. The molecule has 9 nitrogen and oxygen atoms in total. The van der Waals surface area contributed by atoms with Crippen LogP contribution in [0.15, 0.2) is 76.5 Å². The highest BCUT2D eigenvalue weighted by Crippen LogP contribution is 2.30. The third-order valence-electron chi connectivity index (χ3n) is 4.63. The molecule has 2 heterocycles. The zero-order valence-electron chi connectivity index (χ0n) is 18.0. The highest BCUT2D eigenvalue weighted by atomic mass is 35.5. The van der Waals surface area contributed by atoms with Crippen LogP contribution in [-0.2, 0) is 11.3 Å². The molecule has 0 saturated heterocycles. The fourth-order valence-corrected chi connectivity index (χ4v) is 3.93. The van der Waals surface area contributed by atoms with Gasteiger partial charge in [0.05, 0.1) is 25.7 Å². The lowest BCUT2D eigenvalue weighted by Crippen LogP contribution is -2.39. The zero-order chi connectivity index (χ0) is 23.9. The quantitative estimate of drug-likeness (QED) is 0.349. The Morgan fingerprint density at radius 3 is 2.68 bits per heavy atom. The Kier molecular flexibility index (Phi) is 7.51. The molecule has 0 bridgehead atoms. The molecule has 3 amide bonds. The molecule has 174 valence electrons. The number of amides is 3. The molecule has 11 heteroatoms. The first-order valence-electron chi connectivity index (χ1n) is 10.1. The first-order chi connectivity index (χ1) is 16.5. The van der Waals surface area contributed by atoms with Gasteiger partial charge in [-0.2, -0.15) is 0 Å². The van der Waals surface area contributed by atoms with Gasteiger partial charge in [0.25, 0.3) is 0 Å². The molecule has 0 atom stereocenters. The number of rotatable bonds is 8. The highest BCUT2D eigenvalue weighted by Gasteiger charge is 2.18. The molecule has 0 spiro atoms. The Morgan fingerprint density at radius 1 is 1.12 bits per heavy atom. The summed E-state index contributed by atoms with van der Waals surface area (Å²) in [7, 11) is 1.59. The average Bonchev–Trinajstić information content (AvgIpc) is 3.52. The molecule has 2 N–H and O–H groups in total. The zero-order valence-corrected chi connectivity index (χ0v) is 19.6. The minimum Gasteiger partial charge on any atom is -0.497 e. The fraction of sp³-hybridized carbons (Fsp3) is 0.130. The molecule has 0 saturated carbocycles. The van der Waals surface area contributed by atoms with Gasteiger partial charge in [-0.1, -0.05) is 35.5 Å². The van der Waals surface area contributed by atoms with Crippen LogP contribution in [0.25, 0.3) is 17.1 Å². The Labute approximate surface area is 204 Å². The van der Waals surface area contributed by atoms with Crippen molar-refractivity contribution in [1.82, 2.24) is 25.4 Å². The van der Waals surface area contributed by atoms with Crippen LogP contribution in [0.2, 0.25) is 5.02 Å². The number of nitrogens with one attached hydrogen (secondary N) is 2. The standard InChI is InChI=1S/C23H20ClN5O4S/c1-32-18-5-2-4-15(12-18)21-27-28-23(29(21)17-9-7-16(24)8-10-17)34-14-20(30)26-22(31)25-13-19-6-3-11-33-19/h2-12H,13-14H2,1H3,(H2,25,26,30,31). The average molecular weight is 498 g/mol. The molecule has 2 aromatic carbocycles. The number of hydrogen-bond donors (Lipinski definition) is 2. The summed E-state index contributed by atoms with van der Waals surface area (Å²) < 4.78 is 12.3. The van der Waals surface area contributed by atoms with E-state index in [4.69, 9.17) is 20.8 Å². The Morgan fingerprint density at radius 2 is 1.94 bits per heavy atom. The summed E-state index contributed by atoms with van der Waals surface area (Å²) in [5.74, 6) is 1.31. The second kappa shape index (κ2) is 10.9. The number of thioether (sulfide) groups is 1. The number of carbonyl (C=O) groups excluding carboxylic acids is 2. The third-order valence-corrected chi connectivity index (χ3v) is 5.82. The molecule has 0 unspecified atom stereocenters. The molecule has 34 heavy (non-hydrogen) atoms. The van der Waals surface area contributed by atoms with Crippen molar-refractivity contribution in [3.8, 4) is 22.8 Å². The summed E-state index contributed by atoms with van der Waals surface area (Å²) >= 11 is 7.21. The van der Waals surface area contributed by atoms with Crippen molar-refractivity contribution < 1.29 is 18.7 Å². The second-order valence-corrected chi connectivity index (χ2v) is 8.33. The maximum Gasteiger partial charge on any atom is 0.321 e. The van der Waals surface area contributed by atoms with Gasteiger partial charge in [0, 0.05) is 16.3 Å². The summed E-state index contributed by atoms with van der Waals surface area (Å²) in [6.07, 6.45) is 1.51. The number of imide groups is 1. The topological polar surface area (TPSA) is 111 Å². The molecule has 4 rings (SSSR count). The van der Waals surface area contributed by atoms with Crippen LogP contribution >= 0.6 is 23.4 Å². The van der Waals surface area contributed by atoms with Gasteiger partial charge in [-0.15, -0.1) is 10.2 Å². The van der Waals surface area contributed by atoms with E-state index in [9.17, 15) is 9.59 Å². The first kappa shape index (κ1) is 23.4. The van der Waals surface area contributed by atoms with Crippen molar-refractivity contribution in [2.75, 3.05) is 12.9 Å². The third kappa shape index (κ3) is 5.77. The van der Waals surface area contributed by atoms with Gasteiger partial charge in [0.1, 0.15) is 11.5 Å². The van der Waals surface area contributed by atoms with Gasteiger partial charge in [-0.3, -0.25) is 14.7 Å². The second-order valence-electron chi connectivity index (χ2n) is 6.95. The van der Waals surface area contributed by atoms with Crippen molar-refractivity contribution in [1.29, 1.82) is 0 Å². The van der Waals surface area contributed by atoms with Crippen molar-refractivity contribution in [2.24, 2.45) is 0 Å². The van der Waals surface area contributed by atoms with E-state index in [1.54, 1.807) is 31.4 Å². The number of urea groups is 1. The number of hydrogen-bond acceptors (Lipinski definition) is 7.